The third-order valence-corrected chi connectivity index (χ3v) is 3.32. The molecule has 1 heterocycles. The van der Waals surface area contributed by atoms with Crippen molar-refractivity contribution in [1.82, 2.24) is 4.90 Å². The lowest BCUT2D eigenvalue weighted by Crippen LogP contribution is -2.37. The van der Waals surface area contributed by atoms with Crippen molar-refractivity contribution in [2.45, 2.75) is 18.8 Å². The summed E-state index contributed by atoms with van der Waals surface area (Å²) >= 11 is 0. The Kier molecular flexibility index (Phi) is 3.36. The van der Waals surface area contributed by atoms with Crippen molar-refractivity contribution in [1.29, 1.82) is 0 Å². The minimum absolute atomic E-state index is 0.0768. The molecule has 6 heteroatoms. The van der Waals surface area contributed by atoms with Gasteiger partial charge in [0, 0.05) is 19.2 Å². The van der Waals surface area contributed by atoms with Gasteiger partial charge in [0.15, 0.2) is 0 Å². The van der Waals surface area contributed by atoms with E-state index in [4.69, 9.17) is 10.8 Å². The minimum Gasteiger partial charge on any atom is -0.465 e. The van der Waals surface area contributed by atoms with Crippen molar-refractivity contribution in [2.75, 3.05) is 18.8 Å². The van der Waals surface area contributed by atoms with Gasteiger partial charge in [0.25, 0.3) is 0 Å². The first-order chi connectivity index (χ1) is 8.49. The highest BCUT2D eigenvalue weighted by molar-refractivity contribution is 5.65. The quantitative estimate of drug-likeness (QED) is 0.758. The van der Waals surface area contributed by atoms with Gasteiger partial charge in [-0.3, -0.25) is 0 Å². The Labute approximate surface area is 103 Å². The summed E-state index contributed by atoms with van der Waals surface area (Å²) in [7, 11) is 0. The Hall–Kier alpha value is -1.85. The first kappa shape index (κ1) is 12.6. The van der Waals surface area contributed by atoms with E-state index in [-0.39, 0.29) is 11.6 Å². The van der Waals surface area contributed by atoms with Crippen LogP contribution >= 0.6 is 0 Å². The van der Waals surface area contributed by atoms with E-state index in [1.165, 1.54) is 11.0 Å². The largest absolute Gasteiger partial charge is 0.465 e. The molecule has 1 saturated heterocycles. The average Bonchev–Trinajstić information content (AvgIpc) is 2.34. The number of carbonyl (C=O) groups is 1. The predicted molar refractivity (Wildman–Crippen MR) is 62.3 cm³/mol. The lowest BCUT2D eigenvalue weighted by molar-refractivity contribution is 0.132. The third-order valence-electron chi connectivity index (χ3n) is 3.32. The van der Waals surface area contributed by atoms with E-state index < -0.39 is 17.7 Å². The number of rotatable bonds is 1. The lowest BCUT2D eigenvalue weighted by atomic mass is 9.89. The zero-order valence-corrected chi connectivity index (χ0v) is 9.70. The molecule has 2 rings (SSSR count). The second kappa shape index (κ2) is 4.80. The number of piperidine rings is 1. The van der Waals surface area contributed by atoms with Crippen LogP contribution in [0.4, 0.5) is 19.3 Å². The van der Waals surface area contributed by atoms with Gasteiger partial charge in [-0.15, -0.1) is 0 Å². The Morgan fingerprint density at radius 1 is 1.28 bits per heavy atom. The molecule has 0 unspecified atom stereocenters. The number of amides is 1. The van der Waals surface area contributed by atoms with Gasteiger partial charge >= 0.3 is 6.09 Å². The second-order valence-corrected chi connectivity index (χ2v) is 4.44. The maximum atomic E-state index is 13.6. The first-order valence-electron chi connectivity index (χ1n) is 5.71. The highest BCUT2D eigenvalue weighted by atomic mass is 19.1. The number of anilines is 1. The second-order valence-electron chi connectivity index (χ2n) is 4.44. The number of benzene rings is 1. The van der Waals surface area contributed by atoms with Gasteiger partial charge < -0.3 is 15.7 Å². The molecule has 1 aliphatic rings. The number of nitrogens with two attached hydrogens (primary N) is 1. The Balaban J connectivity index is 2.15. The zero-order valence-electron chi connectivity index (χ0n) is 9.70. The van der Waals surface area contributed by atoms with Crippen LogP contribution in [-0.2, 0) is 0 Å². The van der Waals surface area contributed by atoms with E-state index in [2.05, 4.69) is 0 Å². The fraction of sp³-hybridized carbons (Fsp3) is 0.417. The minimum atomic E-state index is -0.965. The molecule has 1 aromatic rings. The highest BCUT2D eigenvalue weighted by Gasteiger charge is 2.25. The molecule has 3 N–H and O–H groups in total. The van der Waals surface area contributed by atoms with Gasteiger partial charge in [0.05, 0.1) is 5.69 Å². The number of carboxylic acid groups (broad SMARTS) is 1. The predicted octanol–water partition coefficient (Wildman–Crippen LogP) is 2.40. The number of likely N-dealkylation sites (tertiary alicyclic amines) is 1. The molecule has 1 aliphatic heterocycles. The van der Waals surface area contributed by atoms with Crippen LogP contribution in [0.25, 0.3) is 0 Å². The molecule has 0 aliphatic carbocycles. The van der Waals surface area contributed by atoms with E-state index in [1.54, 1.807) is 0 Å². The van der Waals surface area contributed by atoms with Crippen molar-refractivity contribution in [3.05, 3.63) is 29.3 Å². The summed E-state index contributed by atoms with van der Waals surface area (Å²) in [5.41, 5.74) is 5.72. The fourth-order valence-electron chi connectivity index (χ4n) is 2.28. The molecule has 0 saturated carbocycles. The number of nitrogen functional groups attached to an aromatic ring is 1. The van der Waals surface area contributed by atoms with Crippen LogP contribution in [0.15, 0.2) is 12.1 Å². The normalized spacial score (nSPS) is 16.9. The summed E-state index contributed by atoms with van der Waals surface area (Å²) in [4.78, 5) is 12.0. The Bertz CT molecular complexity index is 471. The van der Waals surface area contributed by atoms with E-state index in [0.29, 0.717) is 31.5 Å². The summed E-state index contributed by atoms with van der Waals surface area (Å²) in [6.45, 7) is 0.716. The zero-order chi connectivity index (χ0) is 13.3. The van der Waals surface area contributed by atoms with Crippen LogP contribution in [0.3, 0.4) is 0 Å². The molecule has 1 aromatic carbocycles. The molecule has 98 valence electrons. The molecular weight excluding hydrogens is 242 g/mol. The van der Waals surface area contributed by atoms with Gasteiger partial charge in [0.2, 0.25) is 0 Å². The summed E-state index contributed by atoms with van der Waals surface area (Å²) in [5, 5.41) is 8.81. The monoisotopic (exact) mass is 256 g/mol. The van der Waals surface area contributed by atoms with Crippen LogP contribution < -0.4 is 5.73 Å². The molecular formula is C12H14F2N2O2. The highest BCUT2D eigenvalue weighted by Crippen LogP contribution is 2.31. The van der Waals surface area contributed by atoms with Gasteiger partial charge in [-0.25, -0.2) is 13.6 Å². The summed E-state index contributed by atoms with van der Waals surface area (Å²) in [5.74, 6) is -1.49. The van der Waals surface area contributed by atoms with Crippen LogP contribution in [-0.4, -0.2) is 29.2 Å². The van der Waals surface area contributed by atoms with E-state index in [0.717, 1.165) is 6.07 Å². The SMILES string of the molecule is Nc1cc(C2CCN(C(=O)O)CC2)c(F)cc1F. The van der Waals surface area contributed by atoms with Gasteiger partial charge in [-0.1, -0.05) is 0 Å². The number of hydrogen-bond acceptors (Lipinski definition) is 2. The molecule has 0 bridgehead atoms. The van der Waals surface area contributed by atoms with Crippen molar-refractivity contribution >= 4 is 11.8 Å². The number of halogens is 2. The first-order valence-corrected chi connectivity index (χ1v) is 5.71. The fourth-order valence-corrected chi connectivity index (χ4v) is 2.28. The van der Waals surface area contributed by atoms with E-state index >= 15 is 0 Å². The van der Waals surface area contributed by atoms with Crippen LogP contribution in [0.1, 0.15) is 24.3 Å². The molecule has 4 nitrogen and oxygen atoms in total. The molecule has 0 aromatic heterocycles. The Morgan fingerprint density at radius 3 is 2.44 bits per heavy atom. The molecule has 0 atom stereocenters. The van der Waals surface area contributed by atoms with Crippen LogP contribution in [0, 0.1) is 11.6 Å². The number of nitrogens with zero attached hydrogens (tertiary/aromatic N) is 1. The number of hydrogen-bond donors (Lipinski definition) is 2. The van der Waals surface area contributed by atoms with Crippen molar-refractivity contribution in [3.8, 4) is 0 Å². The Morgan fingerprint density at radius 2 is 1.89 bits per heavy atom. The summed E-state index contributed by atoms with van der Waals surface area (Å²) in [6, 6.07) is 2.10. The van der Waals surface area contributed by atoms with Crippen LogP contribution in [0.5, 0.6) is 0 Å². The molecule has 0 spiro atoms. The third kappa shape index (κ3) is 2.37. The average molecular weight is 256 g/mol. The standard InChI is InChI=1S/C12H14F2N2O2/c13-9-6-10(14)11(15)5-8(9)7-1-3-16(4-2-7)12(17)18/h5-7H,1-4,15H2,(H,17,18). The maximum absolute atomic E-state index is 13.6. The maximum Gasteiger partial charge on any atom is 0.407 e. The van der Waals surface area contributed by atoms with E-state index in [1.807, 2.05) is 0 Å². The van der Waals surface area contributed by atoms with Gasteiger partial charge in [-0.05, 0) is 30.4 Å². The van der Waals surface area contributed by atoms with Crippen molar-refractivity contribution in [3.63, 3.8) is 0 Å². The molecule has 1 amide bonds. The summed E-state index contributed by atoms with van der Waals surface area (Å²) in [6.07, 6.45) is 0.0790. The van der Waals surface area contributed by atoms with Gasteiger partial charge in [-0.2, -0.15) is 0 Å². The topological polar surface area (TPSA) is 66.6 Å². The molecule has 18 heavy (non-hydrogen) atoms. The van der Waals surface area contributed by atoms with Crippen molar-refractivity contribution < 1.29 is 18.7 Å². The lowest BCUT2D eigenvalue weighted by Gasteiger charge is -2.30. The van der Waals surface area contributed by atoms with Crippen molar-refractivity contribution in [2.24, 2.45) is 0 Å². The summed E-state index contributed by atoms with van der Waals surface area (Å²) < 4.78 is 26.7. The smallest absolute Gasteiger partial charge is 0.407 e. The molecule has 1 fully saturated rings. The van der Waals surface area contributed by atoms with E-state index in [9.17, 15) is 13.6 Å². The van der Waals surface area contributed by atoms with Crippen LogP contribution in [0.2, 0.25) is 0 Å². The van der Waals surface area contributed by atoms with Gasteiger partial charge in [0.1, 0.15) is 11.6 Å². The molecule has 0 radical (unpaired) electrons.